The fourth-order valence-corrected chi connectivity index (χ4v) is 2.97. The Hall–Kier alpha value is -3.82. The Morgan fingerprint density at radius 1 is 0.562 bits per heavy atom. The summed E-state index contributed by atoms with van der Waals surface area (Å²) >= 11 is 0. The standard InChI is InChI=1S/C30H26O2/c1-31-23-7-13-27-9-3-5-11-29(27)21-19-25-15-17-26(18-16-25)20-22-30-12-6-4-10-28(30)14-8-24-32-2/h3-18H,23-24H2,1-2H3/b13-7+,14-8+. The van der Waals surface area contributed by atoms with Gasteiger partial charge in [0.25, 0.3) is 0 Å². The SMILES string of the molecule is COC/C=C/c1ccccc1C#Cc1ccc(C#Cc2ccccc2/C=C/COC)cc1. The Morgan fingerprint density at radius 2 is 0.969 bits per heavy atom. The molecular weight excluding hydrogens is 392 g/mol. The van der Waals surface area contributed by atoms with Crippen LogP contribution in [0.3, 0.4) is 0 Å². The molecule has 3 rings (SSSR count). The fraction of sp³-hybridized carbons (Fsp3) is 0.133. The van der Waals surface area contributed by atoms with Gasteiger partial charge in [-0.3, -0.25) is 0 Å². The van der Waals surface area contributed by atoms with E-state index in [-0.39, 0.29) is 0 Å². The molecule has 0 aromatic heterocycles. The maximum absolute atomic E-state index is 5.08. The number of methoxy groups -OCH3 is 2. The molecule has 0 aliphatic carbocycles. The van der Waals surface area contributed by atoms with Crippen LogP contribution in [-0.4, -0.2) is 27.4 Å². The van der Waals surface area contributed by atoms with Crippen LogP contribution in [0.25, 0.3) is 12.2 Å². The molecule has 0 amide bonds. The van der Waals surface area contributed by atoms with Crippen LogP contribution in [0.4, 0.5) is 0 Å². The second-order valence-corrected chi connectivity index (χ2v) is 6.97. The van der Waals surface area contributed by atoms with Crippen LogP contribution in [0, 0.1) is 23.7 Å². The molecule has 0 spiro atoms. The summed E-state index contributed by atoms with van der Waals surface area (Å²) in [6, 6.07) is 24.2. The Bertz CT molecular complexity index is 1100. The van der Waals surface area contributed by atoms with E-state index in [9.17, 15) is 0 Å². The van der Waals surface area contributed by atoms with Crippen LogP contribution in [0.1, 0.15) is 33.4 Å². The lowest BCUT2D eigenvalue weighted by Gasteiger charge is -1.99. The molecule has 3 aromatic rings. The smallest absolute Gasteiger partial charge is 0.0646 e. The number of hydrogen-bond acceptors (Lipinski definition) is 2. The van der Waals surface area contributed by atoms with E-state index in [0.717, 1.165) is 33.4 Å². The zero-order chi connectivity index (χ0) is 22.4. The van der Waals surface area contributed by atoms with E-state index in [1.807, 2.05) is 85.0 Å². The highest BCUT2D eigenvalue weighted by molar-refractivity contribution is 5.61. The first-order chi connectivity index (χ1) is 15.8. The van der Waals surface area contributed by atoms with E-state index in [2.05, 4.69) is 35.8 Å². The van der Waals surface area contributed by atoms with Gasteiger partial charge in [0.2, 0.25) is 0 Å². The lowest BCUT2D eigenvalue weighted by molar-refractivity contribution is 0.234. The molecular formula is C30H26O2. The van der Waals surface area contributed by atoms with Crippen LogP contribution in [-0.2, 0) is 9.47 Å². The van der Waals surface area contributed by atoms with Gasteiger partial charge in [-0.05, 0) is 47.5 Å². The summed E-state index contributed by atoms with van der Waals surface area (Å²) in [7, 11) is 3.37. The molecule has 32 heavy (non-hydrogen) atoms. The summed E-state index contributed by atoms with van der Waals surface area (Å²) in [6.07, 6.45) is 8.04. The maximum Gasteiger partial charge on any atom is 0.0646 e. The molecule has 0 heterocycles. The average Bonchev–Trinajstić information content (AvgIpc) is 2.84. The van der Waals surface area contributed by atoms with E-state index < -0.39 is 0 Å². The Morgan fingerprint density at radius 3 is 1.38 bits per heavy atom. The predicted molar refractivity (Wildman–Crippen MR) is 133 cm³/mol. The molecule has 0 unspecified atom stereocenters. The zero-order valence-corrected chi connectivity index (χ0v) is 18.5. The summed E-state index contributed by atoms with van der Waals surface area (Å²) in [5.74, 6) is 13.0. The molecule has 0 saturated heterocycles. The summed E-state index contributed by atoms with van der Waals surface area (Å²) in [6.45, 7) is 1.16. The lowest BCUT2D eigenvalue weighted by Crippen LogP contribution is -1.85. The molecule has 158 valence electrons. The zero-order valence-electron chi connectivity index (χ0n) is 18.5. The molecule has 0 radical (unpaired) electrons. The third-order valence-corrected chi connectivity index (χ3v) is 4.61. The number of hydrogen-bond donors (Lipinski definition) is 0. The van der Waals surface area contributed by atoms with Gasteiger partial charge in [-0.1, -0.05) is 84.4 Å². The fourth-order valence-electron chi connectivity index (χ4n) is 2.97. The van der Waals surface area contributed by atoms with Gasteiger partial charge in [0.15, 0.2) is 0 Å². The Kier molecular flexibility index (Phi) is 9.13. The lowest BCUT2D eigenvalue weighted by atomic mass is 10.1. The number of benzene rings is 3. The van der Waals surface area contributed by atoms with Gasteiger partial charge >= 0.3 is 0 Å². The minimum absolute atomic E-state index is 0.582. The highest BCUT2D eigenvalue weighted by atomic mass is 16.5. The van der Waals surface area contributed by atoms with Crippen molar-refractivity contribution in [2.45, 2.75) is 0 Å². The van der Waals surface area contributed by atoms with Gasteiger partial charge in [-0.2, -0.15) is 0 Å². The van der Waals surface area contributed by atoms with Crippen LogP contribution in [0.15, 0.2) is 84.9 Å². The molecule has 0 saturated carbocycles. The normalized spacial score (nSPS) is 10.6. The first kappa shape index (κ1) is 22.9. The highest BCUT2D eigenvalue weighted by Gasteiger charge is 1.96. The largest absolute Gasteiger partial charge is 0.381 e. The molecule has 2 heteroatoms. The Labute approximate surface area is 191 Å². The van der Waals surface area contributed by atoms with Crippen molar-refractivity contribution in [3.8, 4) is 23.7 Å². The summed E-state index contributed by atoms with van der Waals surface area (Å²) in [4.78, 5) is 0. The summed E-state index contributed by atoms with van der Waals surface area (Å²) < 4.78 is 10.2. The van der Waals surface area contributed by atoms with Crippen molar-refractivity contribution in [1.29, 1.82) is 0 Å². The average molecular weight is 419 g/mol. The third kappa shape index (κ3) is 7.15. The first-order valence-corrected chi connectivity index (χ1v) is 10.4. The van der Waals surface area contributed by atoms with E-state index in [0.29, 0.717) is 13.2 Å². The quantitative estimate of drug-likeness (QED) is 0.471. The van der Waals surface area contributed by atoms with Crippen molar-refractivity contribution in [3.05, 3.63) is 118 Å². The van der Waals surface area contributed by atoms with Gasteiger partial charge in [0.1, 0.15) is 0 Å². The van der Waals surface area contributed by atoms with Gasteiger partial charge < -0.3 is 9.47 Å². The van der Waals surface area contributed by atoms with Crippen LogP contribution in [0.2, 0.25) is 0 Å². The van der Waals surface area contributed by atoms with Gasteiger partial charge in [0, 0.05) is 36.5 Å². The minimum atomic E-state index is 0.582. The van der Waals surface area contributed by atoms with Gasteiger partial charge in [-0.15, -0.1) is 0 Å². The van der Waals surface area contributed by atoms with Crippen LogP contribution >= 0.6 is 0 Å². The molecule has 0 atom stereocenters. The van der Waals surface area contributed by atoms with E-state index in [1.54, 1.807) is 14.2 Å². The van der Waals surface area contributed by atoms with Crippen molar-refractivity contribution in [2.75, 3.05) is 27.4 Å². The molecule has 0 fully saturated rings. The van der Waals surface area contributed by atoms with Crippen LogP contribution < -0.4 is 0 Å². The molecule has 0 N–H and O–H groups in total. The minimum Gasteiger partial charge on any atom is -0.381 e. The molecule has 3 aromatic carbocycles. The second kappa shape index (κ2) is 12.8. The maximum atomic E-state index is 5.08. The van der Waals surface area contributed by atoms with Crippen LogP contribution in [0.5, 0.6) is 0 Å². The van der Waals surface area contributed by atoms with Gasteiger partial charge in [0.05, 0.1) is 13.2 Å². The van der Waals surface area contributed by atoms with E-state index in [1.165, 1.54) is 0 Å². The molecule has 2 nitrogen and oxygen atoms in total. The van der Waals surface area contributed by atoms with Gasteiger partial charge in [-0.25, -0.2) is 0 Å². The predicted octanol–water partition coefficient (Wildman–Crippen LogP) is 5.81. The van der Waals surface area contributed by atoms with E-state index >= 15 is 0 Å². The number of rotatable bonds is 6. The summed E-state index contributed by atoms with van der Waals surface area (Å²) in [5.41, 5.74) is 6.04. The molecule has 0 aliphatic heterocycles. The monoisotopic (exact) mass is 418 g/mol. The first-order valence-electron chi connectivity index (χ1n) is 10.4. The van der Waals surface area contributed by atoms with Crippen molar-refractivity contribution in [3.63, 3.8) is 0 Å². The van der Waals surface area contributed by atoms with Crippen molar-refractivity contribution < 1.29 is 9.47 Å². The van der Waals surface area contributed by atoms with Crippen molar-refractivity contribution in [2.24, 2.45) is 0 Å². The van der Waals surface area contributed by atoms with E-state index in [4.69, 9.17) is 9.47 Å². The molecule has 0 bridgehead atoms. The van der Waals surface area contributed by atoms with Crippen molar-refractivity contribution >= 4 is 12.2 Å². The summed E-state index contributed by atoms with van der Waals surface area (Å²) in [5, 5.41) is 0. The third-order valence-electron chi connectivity index (χ3n) is 4.61. The number of ether oxygens (including phenoxy) is 2. The topological polar surface area (TPSA) is 18.5 Å². The van der Waals surface area contributed by atoms with Crippen molar-refractivity contribution in [1.82, 2.24) is 0 Å². The Balaban J connectivity index is 1.74. The second-order valence-electron chi connectivity index (χ2n) is 6.97. The molecule has 0 aliphatic rings. The highest BCUT2D eigenvalue weighted by Crippen LogP contribution is 2.12.